The molecule has 0 aliphatic rings. The molecule has 0 spiro atoms. The Morgan fingerprint density at radius 2 is 0.929 bits per heavy atom. The molecular formula is C20H45NO6S. The molecule has 0 saturated heterocycles. The summed E-state index contributed by atoms with van der Waals surface area (Å²) in [7, 11) is -3.74. The topological polar surface area (TPSA) is 118 Å². The lowest BCUT2D eigenvalue weighted by Gasteiger charge is -2.17. The fourth-order valence-corrected chi connectivity index (χ4v) is 3.45. The molecule has 8 heteroatoms. The number of hydrogen-bond acceptors (Lipinski definition) is 6. The molecule has 4 N–H and O–H groups in total. The molecule has 0 aromatic heterocycles. The number of rotatable bonds is 19. The van der Waals surface area contributed by atoms with E-state index in [0.29, 0.717) is 26.1 Å². The van der Waals surface area contributed by atoms with E-state index in [2.05, 4.69) is 6.92 Å². The molecule has 0 aliphatic heterocycles. The van der Waals surface area contributed by atoms with Gasteiger partial charge in [-0.15, -0.1) is 0 Å². The predicted molar refractivity (Wildman–Crippen MR) is 115 cm³/mol. The number of unbranched alkanes of at least 4 members (excludes halogenated alkanes) is 11. The summed E-state index contributed by atoms with van der Waals surface area (Å²) in [5, 5.41) is 25.5. The number of aliphatic hydroxyl groups is 3. The summed E-state index contributed by atoms with van der Waals surface area (Å²) in [6, 6.07) is 0. The van der Waals surface area contributed by atoms with Gasteiger partial charge in [0.2, 0.25) is 0 Å². The normalized spacial score (nSPS) is 11.5. The highest BCUT2D eigenvalue weighted by Gasteiger charge is 2.03. The second kappa shape index (κ2) is 23.0. The Balaban J connectivity index is 0. The third-order valence-electron chi connectivity index (χ3n) is 4.50. The Kier molecular flexibility index (Phi) is 24.6. The van der Waals surface area contributed by atoms with Gasteiger partial charge in [-0.25, -0.2) is 0 Å². The van der Waals surface area contributed by atoms with E-state index in [1.165, 1.54) is 57.8 Å². The second-order valence-electron chi connectivity index (χ2n) is 7.19. The van der Waals surface area contributed by atoms with Gasteiger partial charge in [0.15, 0.2) is 0 Å². The molecule has 0 heterocycles. The van der Waals surface area contributed by atoms with Crippen LogP contribution in [0.4, 0.5) is 0 Å². The van der Waals surface area contributed by atoms with E-state index in [-0.39, 0.29) is 25.6 Å². The highest BCUT2D eigenvalue weighted by Crippen LogP contribution is 2.12. The third kappa shape index (κ3) is 28.0. The Hall–Kier alpha value is -0.250. The molecule has 0 aromatic carbocycles. The molecule has 28 heavy (non-hydrogen) atoms. The van der Waals surface area contributed by atoms with Gasteiger partial charge in [0.25, 0.3) is 10.1 Å². The van der Waals surface area contributed by atoms with Crippen LogP contribution in [0.15, 0.2) is 0 Å². The lowest BCUT2D eigenvalue weighted by Crippen LogP contribution is -2.32. The van der Waals surface area contributed by atoms with E-state index >= 15 is 0 Å². The van der Waals surface area contributed by atoms with Crippen LogP contribution < -0.4 is 0 Å². The van der Waals surface area contributed by atoms with Crippen LogP contribution in [0.25, 0.3) is 0 Å². The van der Waals surface area contributed by atoms with Crippen LogP contribution in [0.3, 0.4) is 0 Å². The quantitative estimate of drug-likeness (QED) is 0.185. The molecule has 0 rings (SSSR count). The zero-order valence-corrected chi connectivity index (χ0v) is 18.7. The van der Waals surface area contributed by atoms with Gasteiger partial charge in [0, 0.05) is 19.6 Å². The van der Waals surface area contributed by atoms with Crippen molar-refractivity contribution in [3.8, 4) is 0 Å². The summed E-state index contributed by atoms with van der Waals surface area (Å²) in [6.45, 7) is 3.99. The summed E-state index contributed by atoms with van der Waals surface area (Å²) in [5.74, 6) is -0.0789. The van der Waals surface area contributed by atoms with Crippen LogP contribution >= 0.6 is 0 Å². The van der Waals surface area contributed by atoms with Crippen LogP contribution in [0.5, 0.6) is 0 Å². The lowest BCUT2D eigenvalue weighted by molar-refractivity contribution is 0.136. The number of aliphatic hydroxyl groups excluding tert-OH is 3. The van der Waals surface area contributed by atoms with Crippen LogP contribution in [0, 0.1) is 0 Å². The van der Waals surface area contributed by atoms with E-state index in [1.807, 2.05) is 0 Å². The highest BCUT2D eigenvalue weighted by atomic mass is 32.2. The molecule has 0 unspecified atom stereocenters. The first-order valence-electron chi connectivity index (χ1n) is 10.9. The Labute approximate surface area is 172 Å². The molecular weight excluding hydrogens is 382 g/mol. The maximum absolute atomic E-state index is 10.5. The molecule has 0 saturated carbocycles. The first kappa shape index (κ1) is 29.9. The van der Waals surface area contributed by atoms with Crippen molar-refractivity contribution in [2.24, 2.45) is 0 Å². The van der Waals surface area contributed by atoms with Crippen LogP contribution in [0.2, 0.25) is 0 Å². The van der Waals surface area contributed by atoms with Crippen LogP contribution in [0.1, 0.15) is 84.0 Å². The zero-order valence-electron chi connectivity index (χ0n) is 17.9. The highest BCUT2D eigenvalue weighted by molar-refractivity contribution is 7.85. The Morgan fingerprint density at radius 3 is 1.21 bits per heavy atom. The van der Waals surface area contributed by atoms with Crippen molar-refractivity contribution in [1.82, 2.24) is 4.90 Å². The molecule has 0 aliphatic carbocycles. The summed E-state index contributed by atoms with van der Waals surface area (Å²) in [4.78, 5) is 1.79. The Bertz CT molecular complexity index is 378. The van der Waals surface area contributed by atoms with E-state index < -0.39 is 10.1 Å². The second-order valence-corrected chi connectivity index (χ2v) is 8.76. The lowest BCUT2D eigenvalue weighted by atomic mass is 10.1. The smallest absolute Gasteiger partial charge is 0.264 e. The van der Waals surface area contributed by atoms with Gasteiger partial charge in [0.1, 0.15) is 0 Å². The Morgan fingerprint density at radius 1 is 0.607 bits per heavy atom. The monoisotopic (exact) mass is 427 g/mol. The van der Waals surface area contributed by atoms with Gasteiger partial charge in [-0.2, -0.15) is 8.42 Å². The molecule has 7 nitrogen and oxygen atoms in total. The van der Waals surface area contributed by atoms with Crippen molar-refractivity contribution in [1.29, 1.82) is 0 Å². The van der Waals surface area contributed by atoms with Gasteiger partial charge in [-0.1, -0.05) is 77.6 Å². The molecule has 0 radical (unpaired) electrons. The van der Waals surface area contributed by atoms with Crippen molar-refractivity contribution in [2.45, 2.75) is 84.0 Å². The van der Waals surface area contributed by atoms with Crippen LogP contribution in [-0.4, -0.2) is 78.4 Å². The molecule has 0 aromatic rings. The zero-order chi connectivity index (χ0) is 21.5. The molecule has 0 amide bonds. The van der Waals surface area contributed by atoms with Crippen molar-refractivity contribution in [3.05, 3.63) is 0 Å². The van der Waals surface area contributed by atoms with Crippen molar-refractivity contribution >= 4 is 10.1 Å². The molecule has 0 fully saturated rings. The van der Waals surface area contributed by atoms with Crippen molar-refractivity contribution < 1.29 is 28.3 Å². The molecule has 172 valence electrons. The standard InChI is InChI=1S/C14H30O3S.C6H15NO3/c1-2-3-4-5-6-7-8-9-10-11-12-13-14-18(15,16)17;8-4-1-7(2-5-9)3-6-10/h2-14H2,1H3,(H,15,16,17);8-10H,1-6H2. The summed E-state index contributed by atoms with van der Waals surface area (Å²) < 4.78 is 29.5. The minimum Gasteiger partial charge on any atom is -0.395 e. The average molecular weight is 428 g/mol. The number of hydrogen-bond donors (Lipinski definition) is 4. The maximum Gasteiger partial charge on any atom is 0.264 e. The predicted octanol–water partition coefficient (Wildman–Crippen LogP) is 2.84. The van der Waals surface area contributed by atoms with Crippen LogP contribution in [-0.2, 0) is 10.1 Å². The van der Waals surface area contributed by atoms with E-state index in [1.54, 1.807) is 4.90 Å². The molecule has 0 bridgehead atoms. The van der Waals surface area contributed by atoms with Gasteiger partial charge in [0.05, 0.1) is 25.6 Å². The minimum atomic E-state index is -3.74. The minimum absolute atomic E-state index is 0.0694. The van der Waals surface area contributed by atoms with Gasteiger partial charge < -0.3 is 15.3 Å². The first-order chi connectivity index (χ1) is 13.4. The SMILES string of the molecule is CCCCCCCCCCCCCCS(=O)(=O)O.OCCN(CCO)CCO. The summed E-state index contributed by atoms with van der Waals surface area (Å²) >= 11 is 0. The van der Waals surface area contributed by atoms with E-state index in [0.717, 1.165) is 12.8 Å². The summed E-state index contributed by atoms with van der Waals surface area (Å²) in [6.07, 6.45) is 14.5. The van der Waals surface area contributed by atoms with Crippen molar-refractivity contribution in [2.75, 3.05) is 45.2 Å². The summed E-state index contributed by atoms with van der Waals surface area (Å²) in [5.41, 5.74) is 0. The molecule has 0 atom stereocenters. The fourth-order valence-electron chi connectivity index (χ4n) is 2.89. The fraction of sp³-hybridized carbons (Fsp3) is 1.00. The average Bonchev–Trinajstić information content (AvgIpc) is 2.63. The third-order valence-corrected chi connectivity index (χ3v) is 5.31. The maximum atomic E-state index is 10.5. The van der Waals surface area contributed by atoms with Gasteiger partial charge in [-0.05, 0) is 6.42 Å². The number of nitrogens with zero attached hydrogens (tertiary/aromatic N) is 1. The van der Waals surface area contributed by atoms with Crippen molar-refractivity contribution in [3.63, 3.8) is 0 Å². The van der Waals surface area contributed by atoms with E-state index in [4.69, 9.17) is 19.9 Å². The first-order valence-corrected chi connectivity index (χ1v) is 12.5. The van der Waals surface area contributed by atoms with E-state index in [9.17, 15) is 8.42 Å². The largest absolute Gasteiger partial charge is 0.395 e. The van der Waals surface area contributed by atoms with Gasteiger partial charge >= 0.3 is 0 Å². The van der Waals surface area contributed by atoms with Gasteiger partial charge in [-0.3, -0.25) is 9.45 Å².